The van der Waals surface area contributed by atoms with Crippen LogP contribution in [0.4, 0.5) is 0 Å². The topological polar surface area (TPSA) is 86.5 Å². The molecule has 1 unspecified atom stereocenters. The number of thioether (sulfide) groups is 1. The molecule has 0 amide bonds. The summed E-state index contributed by atoms with van der Waals surface area (Å²) in [7, 11) is 0. The molecule has 106 valence electrons. The van der Waals surface area contributed by atoms with Gasteiger partial charge in [0.15, 0.2) is 0 Å². The minimum Gasteiger partial charge on any atom is -0.411 e. The highest BCUT2D eigenvalue weighted by atomic mass is 35.5. The lowest BCUT2D eigenvalue weighted by molar-refractivity contribution is 0.465. The summed E-state index contributed by atoms with van der Waals surface area (Å²) in [5.74, 6) is 0.751. The van der Waals surface area contributed by atoms with Crippen LogP contribution in [0.15, 0.2) is 33.9 Å². The van der Waals surface area contributed by atoms with Gasteiger partial charge >= 0.3 is 0 Å². The SMILES string of the molecule is N#CCCC(C#N)CSc1nnc(-c2ccc(Cl)cc2)o1. The Morgan fingerprint density at radius 1 is 1.24 bits per heavy atom. The predicted octanol–water partition coefficient (Wildman–Crippen LogP) is 3.93. The van der Waals surface area contributed by atoms with Crippen molar-refractivity contribution < 1.29 is 4.42 Å². The number of nitrogens with zero attached hydrogens (tertiary/aromatic N) is 4. The third-order valence-corrected chi connectivity index (χ3v) is 3.93. The Morgan fingerprint density at radius 2 is 2.00 bits per heavy atom. The van der Waals surface area contributed by atoms with Crippen LogP contribution in [0.3, 0.4) is 0 Å². The Labute approximate surface area is 131 Å². The number of benzene rings is 1. The molecule has 0 aliphatic rings. The molecule has 1 heterocycles. The second kappa shape index (κ2) is 7.68. The summed E-state index contributed by atoms with van der Waals surface area (Å²) >= 11 is 7.15. The van der Waals surface area contributed by atoms with Gasteiger partial charge in [0.1, 0.15) is 0 Å². The number of nitriles is 2. The third-order valence-electron chi connectivity index (χ3n) is 2.69. The first kappa shape index (κ1) is 15.4. The lowest BCUT2D eigenvalue weighted by atomic mass is 10.1. The molecule has 1 atom stereocenters. The molecule has 0 saturated carbocycles. The molecule has 1 aromatic heterocycles. The zero-order chi connectivity index (χ0) is 15.1. The molecule has 0 saturated heterocycles. The van der Waals surface area contributed by atoms with Gasteiger partial charge in [-0.05, 0) is 30.7 Å². The van der Waals surface area contributed by atoms with E-state index in [9.17, 15) is 0 Å². The fraction of sp³-hybridized carbons (Fsp3) is 0.286. The van der Waals surface area contributed by atoms with Crippen molar-refractivity contribution >= 4 is 23.4 Å². The van der Waals surface area contributed by atoms with Gasteiger partial charge < -0.3 is 4.42 Å². The van der Waals surface area contributed by atoms with E-state index in [1.54, 1.807) is 24.3 Å². The van der Waals surface area contributed by atoms with Crippen molar-refractivity contribution in [3.05, 3.63) is 29.3 Å². The molecule has 2 aromatic rings. The van der Waals surface area contributed by atoms with Gasteiger partial charge in [-0.2, -0.15) is 10.5 Å². The molecule has 5 nitrogen and oxygen atoms in total. The fourth-order valence-electron chi connectivity index (χ4n) is 1.57. The largest absolute Gasteiger partial charge is 0.411 e. The average Bonchev–Trinajstić information content (AvgIpc) is 2.97. The van der Waals surface area contributed by atoms with Crippen molar-refractivity contribution in [1.29, 1.82) is 10.5 Å². The van der Waals surface area contributed by atoms with Crippen molar-refractivity contribution in [2.45, 2.75) is 18.1 Å². The summed E-state index contributed by atoms with van der Waals surface area (Å²) in [5.41, 5.74) is 0.792. The van der Waals surface area contributed by atoms with Gasteiger partial charge in [-0.25, -0.2) is 0 Å². The van der Waals surface area contributed by atoms with E-state index in [-0.39, 0.29) is 5.92 Å². The van der Waals surface area contributed by atoms with Crippen LogP contribution >= 0.6 is 23.4 Å². The van der Waals surface area contributed by atoms with Crippen LogP contribution < -0.4 is 0 Å². The molecular weight excluding hydrogens is 308 g/mol. The highest BCUT2D eigenvalue weighted by Gasteiger charge is 2.13. The van der Waals surface area contributed by atoms with E-state index in [0.717, 1.165) is 5.56 Å². The Morgan fingerprint density at radius 3 is 2.67 bits per heavy atom. The van der Waals surface area contributed by atoms with Crippen molar-refractivity contribution in [3.8, 4) is 23.6 Å². The van der Waals surface area contributed by atoms with E-state index in [0.29, 0.717) is 34.7 Å². The Bertz CT molecular complexity index is 672. The number of hydrogen-bond acceptors (Lipinski definition) is 6. The maximum atomic E-state index is 8.99. The highest BCUT2D eigenvalue weighted by molar-refractivity contribution is 7.99. The van der Waals surface area contributed by atoms with E-state index in [4.69, 9.17) is 26.5 Å². The molecule has 1 aromatic carbocycles. The molecule has 0 N–H and O–H groups in total. The molecule has 0 fully saturated rings. The zero-order valence-corrected chi connectivity index (χ0v) is 12.6. The van der Waals surface area contributed by atoms with Crippen LogP contribution in [-0.2, 0) is 0 Å². The summed E-state index contributed by atoms with van der Waals surface area (Å²) in [6.07, 6.45) is 0.927. The summed E-state index contributed by atoms with van der Waals surface area (Å²) in [5, 5.41) is 26.5. The quantitative estimate of drug-likeness (QED) is 0.750. The van der Waals surface area contributed by atoms with Crippen molar-refractivity contribution in [2.75, 3.05) is 5.75 Å². The van der Waals surface area contributed by atoms with Crippen LogP contribution in [-0.4, -0.2) is 16.0 Å². The monoisotopic (exact) mass is 318 g/mol. The van der Waals surface area contributed by atoms with Gasteiger partial charge in [0.05, 0.1) is 18.1 Å². The second-order valence-corrected chi connectivity index (χ2v) is 5.62. The minimum atomic E-state index is -0.194. The van der Waals surface area contributed by atoms with E-state index in [1.807, 2.05) is 6.07 Å². The zero-order valence-electron chi connectivity index (χ0n) is 11.0. The second-order valence-electron chi connectivity index (χ2n) is 4.21. The van der Waals surface area contributed by atoms with Crippen LogP contribution in [0.1, 0.15) is 12.8 Å². The van der Waals surface area contributed by atoms with Crippen molar-refractivity contribution in [1.82, 2.24) is 10.2 Å². The van der Waals surface area contributed by atoms with Crippen LogP contribution in [0.25, 0.3) is 11.5 Å². The van der Waals surface area contributed by atoms with Crippen molar-refractivity contribution in [3.63, 3.8) is 0 Å². The molecule has 2 rings (SSSR count). The van der Waals surface area contributed by atoms with Gasteiger partial charge in [0, 0.05) is 22.8 Å². The number of aromatic nitrogens is 2. The molecule has 0 aliphatic heterocycles. The van der Waals surface area contributed by atoms with Crippen molar-refractivity contribution in [2.24, 2.45) is 5.92 Å². The smallest absolute Gasteiger partial charge is 0.276 e. The lowest BCUT2D eigenvalue weighted by Gasteiger charge is -2.02. The molecular formula is C14H11ClN4OS. The minimum absolute atomic E-state index is 0.194. The highest BCUT2D eigenvalue weighted by Crippen LogP contribution is 2.26. The summed E-state index contributed by atoms with van der Waals surface area (Å²) in [4.78, 5) is 0. The Balaban J connectivity index is 1.96. The molecule has 0 radical (unpaired) electrons. The lowest BCUT2D eigenvalue weighted by Crippen LogP contribution is -1.99. The van der Waals surface area contributed by atoms with E-state index in [1.165, 1.54) is 11.8 Å². The first-order valence-electron chi connectivity index (χ1n) is 6.21. The standard InChI is InChI=1S/C14H11ClN4OS/c15-12-5-3-11(4-6-12)13-18-19-14(20-13)21-9-10(8-17)2-1-7-16/h3-6,10H,1-2,9H2. The van der Waals surface area contributed by atoms with Gasteiger partial charge in [-0.3, -0.25) is 0 Å². The first-order valence-corrected chi connectivity index (χ1v) is 7.58. The van der Waals surface area contributed by atoms with Crippen LogP contribution in [0, 0.1) is 28.6 Å². The summed E-state index contributed by atoms with van der Waals surface area (Å²) < 4.78 is 5.53. The average molecular weight is 319 g/mol. The predicted molar refractivity (Wildman–Crippen MR) is 79.4 cm³/mol. The maximum Gasteiger partial charge on any atom is 0.276 e. The summed E-state index contributed by atoms with van der Waals surface area (Å²) in [6.45, 7) is 0. The maximum absolute atomic E-state index is 8.99. The number of hydrogen-bond donors (Lipinski definition) is 0. The number of halogens is 1. The molecule has 0 aliphatic carbocycles. The first-order chi connectivity index (χ1) is 10.2. The Kier molecular flexibility index (Phi) is 5.62. The molecule has 0 bridgehead atoms. The fourth-order valence-corrected chi connectivity index (χ4v) is 2.52. The van der Waals surface area contributed by atoms with Crippen LogP contribution in [0.2, 0.25) is 5.02 Å². The third kappa shape index (κ3) is 4.49. The van der Waals surface area contributed by atoms with Gasteiger partial charge in [0.2, 0.25) is 5.89 Å². The van der Waals surface area contributed by atoms with Gasteiger partial charge in [0.25, 0.3) is 5.22 Å². The van der Waals surface area contributed by atoms with E-state index < -0.39 is 0 Å². The molecule has 0 spiro atoms. The normalized spacial score (nSPS) is 11.6. The molecule has 7 heteroatoms. The van der Waals surface area contributed by atoms with Gasteiger partial charge in [-0.1, -0.05) is 23.4 Å². The number of rotatable bonds is 6. The summed E-state index contributed by atoms with van der Waals surface area (Å²) in [6, 6.07) is 11.3. The molecule has 21 heavy (non-hydrogen) atoms. The van der Waals surface area contributed by atoms with Crippen LogP contribution in [0.5, 0.6) is 0 Å². The Hall–Kier alpha value is -2.02. The van der Waals surface area contributed by atoms with E-state index in [2.05, 4.69) is 16.3 Å². The van der Waals surface area contributed by atoms with E-state index >= 15 is 0 Å². The van der Waals surface area contributed by atoms with Gasteiger partial charge in [-0.15, -0.1) is 10.2 Å².